The molecule has 1 heterocycles. The molecule has 3 aromatic rings. The van der Waals surface area contributed by atoms with Gasteiger partial charge in [-0.05, 0) is 37.6 Å². The summed E-state index contributed by atoms with van der Waals surface area (Å²) in [5, 5.41) is 0. The fourth-order valence-corrected chi connectivity index (χ4v) is 2.08. The molecule has 22 heavy (non-hydrogen) atoms. The fraction of sp³-hybridized carbons (Fsp3) is 0.125. The van der Waals surface area contributed by atoms with Crippen molar-refractivity contribution in [3.63, 3.8) is 0 Å². The van der Waals surface area contributed by atoms with Gasteiger partial charge in [0.25, 0.3) is 0 Å². The molecule has 0 aliphatic rings. The van der Waals surface area contributed by atoms with Crippen LogP contribution in [0.3, 0.4) is 0 Å². The predicted octanol–water partition coefficient (Wildman–Crippen LogP) is 3.57. The van der Waals surface area contributed by atoms with Crippen LogP contribution in [0, 0.1) is 13.8 Å². The summed E-state index contributed by atoms with van der Waals surface area (Å²) in [6, 6.07) is 9.94. The molecule has 2 aromatic carbocycles. The summed E-state index contributed by atoms with van der Waals surface area (Å²) < 4.78 is 9.52. The van der Waals surface area contributed by atoms with Crippen molar-refractivity contribution in [3.05, 3.63) is 58.7 Å². The molecule has 0 radical (unpaired) electrons. The Balaban J connectivity index is 1.71. The van der Waals surface area contributed by atoms with Crippen LogP contribution in [0.2, 0.25) is 0 Å². The summed E-state index contributed by atoms with van der Waals surface area (Å²) in [5.41, 5.74) is 2.87. The molecule has 0 N–H and O–H groups in total. The van der Waals surface area contributed by atoms with E-state index in [0.29, 0.717) is 22.3 Å². The predicted molar refractivity (Wildman–Crippen MR) is 75.2 cm³/mol. The van der Waals surface area contributed by atoms with Crippen LogP contribution in [-0.2, 0) is 9.78 Å². The molecule has 0 unspecified atom stereocenters. The van der Waals surface area contributed by atoms with E-state index in [1.807, 2.05) is 0 Å². The summed E-state index contributed by atoms with van der Waals surface area (Å²) in [4.78, 5) is 33.1. The summed E-state index contributed by atoms with van der Waals surface area (Å²) in [6.07, 6.45) is 0. The van der Waals surface area contributed by atoms with E-state index >= 15 is 0 Å². The third-order valence-corrected chi connectivity index (χ3v) is 3.36. The Morgan fingerprint density at radius 1 is 0.864 bits per heavy atom. The highest BCUT2D eigenvalue weighted by molar-refractivity contribution is 5.96. The molecule has 0 spiro atoms. The van der Waals surface area contributed by atoms with Crippen LogP contribution >= 0.6 is 0 Å². The third kappa shape index (κ3) is 2.35. The highest BCUT2D eigenvalue weighted by Gasteiger charge is 2.20. The van der Waals surface area contributed by atoms with Crippen molar-refractivity contribution in [3.8, 4) is 0 Å². The van der Waals surface area contributed by atoms with Crippen LogP contribution in [0.4, 0.5) is 0 Å². The average molecular weight is 300 g/mol. The van der Waals surface area contributed by atoms with Gasteiger partial charge in [0.2, 0.25) is 11.2 Å². The van der Waals surface area contributed by atoms with Crippen molar-refractivity contribution in [2.45, 2.75) is 13.8 Å². The zero-order valence-electron chi connectivity index (χ0n) is 11.9. The number of carbonyl (C=O) groups excluding carboxylic acids is 2. The van der Waals surface area contributed by atoms with E-state index in [2.05, 4.69) is 9.78 Å². The zero-order chi connectivity index (χ0) is 15.7. The maximum atomic E-state index is 12.0. The van der Waals surface area contributed by atoms with Gasteiger partial charge in [0.15, 0.2) is 0 Å². The number of benzene rings is 2. The highest BCUT2D eigenvalue weighted by atomic mass is 17.2. The molecule has 0 aliphatic carbocycles. The van der Waals surface area contributed by atoms with Crippen LogP contribution in [0.15, 0.2) is 45.6 Å². The first-order valence-corrected chi connectivity index (χ1v) is 6.55. The lowest BCUT2D eigenvalue weighted by Gasteiger charge is -2.08. The molecule has 6 heteroatoms. The summed E-state index contributed by atoms with van der Waals surface area (Å²) in [6.45, 7) is 3.44. The number of hydrogen-bond donors (Lipinski definition) is 0. The van der Waals surface area contributed by atoms with Crippen molar-refractivity contribution in [1.82, 2.24) is 0 Å². The summed E-state index contributed by atoms with van der Waals surface area (Å²) in [7, 11) is 0. The van der Waals surface area contributed by atoms with Gasteiger partial charge in [-0.2, -0.15) is 0 Å². The number of hydrogen-bond acceptors (Lipinski definition) is 6. The van der Waals surface area contributed by atoms with Crippen molar-refractivity contribution in [2.75, 3.05) is 0 Å². The first-order valence-electron chi connectivity index (χ1n) is 6.55. The number of rotatable bonds is 2. The Morgan fingerprint density at radius 2 is 1.55 bits per heavy atom. The summed E-state index contributed by atoms with van der Waals surface area (Å²) in [5.74, 6) is -1.51. The van der Waals surface area contributed by atoms with E-state index in [0.717, 1.165) is 5.56 Å². The minimum Gasteiger partial charge on any atom is -0.286 e. The lowest BCUT2D eigenvalue weighted by Crippen LogP contribution is -2.13. The lowest BCUT2D eigenvalue weighted by molar-refractivity contribution is -0.187. The van der Waals surface area contributed by atoms with E-state index in [1.54, 1.807) is 44.2 Å². The smallest absolute Gasteiger partial charge is 0.286 e. The second kappa shape index (κ2) is 5.40. The van der Waals surface area contributed by atoms with Gasteiger partial charge < -0.3 is 0 Å². The largest absolute Gasteiger partial charge is 0.386 e. The first kappa shape index (κ1) is 13.9. The standard InChI is InChI=1S/C16H12O6/c1-9-5-3-4-6-11(9)15(17)21-22-16(18)12-7-8-13-14(10(12)2)20-19-13/h3-8H,1-2H3. The molecule has 1 aromatic heterocycles. The van der Waals surface area contributed by atoms with E-state index in [4.69, 9.17) is 9.15 Å². The normalized spacial score (nSPS) is 10.6. The molecule has 0 saturated carbocycles. The molecule has 0 atom stereocenters. The van der Waals surface area contributed by atoms with Crippen molar-refractivity contribution in [2.24, 2.45) is 0 Å². The Hall–Kier alpha value is -3.02. The Kier molecular flexibility index (Phi) is 3.42. The van der Waals surface area contributed by atoms with Crippen LogP contribution in [-0.4, -0.2) is 11.9 Å². The topological polar surface area (TPSA) is 78.9 Å². The Labute approximate surface area is 125 Å². The molecule has 0 amide bonds. The molecule has 6 nitrogen and oxygen atoms in total. The number of carbonyl (C=O) groups is 2. The van der Waals surface area contributed by atoms with Gasteiger partial charge in [-0.15, -0.1) is 0 Å². The fourth-order valence-electron chi connectivity index (χ4n) is 2.08. The second-order valence-corrected chi connectivity index (χ2v) is 4.79. The van der Waals surface area contributed by atoms with Crippen LogP contribution in [0.25, 0.3) is 11.2 Å². The Morgan fingerprint density at radius 3 is 2.18 bits per heavy atom. The van der Waals surface area contributed by atoms with Crippen molar-refractivity contribution in [1.29, 1.82) is 0 Å². The molecular formula is C16H12O6. The SMILES string of the molecule is Cc1ccccc1C(=O)OOC(=O)c1ccc2ooc2c1C. The maximum Gasteiger partial charge on any atom is 0.386 e. The molecule has 112 valence electrons. The summed E-state index contributed by atoms with van der Waals surface area (Å²) >= 11 is 0. The molecule has 0 fully saturated rings. The van der Waals surface area contributed by atoms with Crippen LogP contribution in [0.5, 0.6) is 0 Å². The van der Waals surface area contributed by atoms with Gasteiger partial charge in [0.05, 0.1) is 11.1 Å². The van der Waals surface area contributed by atoms with E-state index in [1.165, 1.54) is 6.07 Å². The van der Waals surface area contributed by atoms with Gasteiger partial charge in [-0.25, -0.2) is 19.4 Å². The number of fused-ring (bicyclic) bond motifs is 1. The second-order valence-electron chi connectivity index (χ2n) is 4.79. The minimum absolute atomic E-state index is 0.236. The van der Waals surface area contributed by atoms with Crippen molar-refractivity contribution < 1.29 is 28.5 Å². The first-order chi connectivity index (χ1) is 10.6. The van der Waals surface area contributed by atoms with Gasteiger partial charge in [0.1, 0.15) is 0 Å². The molecule has 0 saturated heterocycles. The average Bonchev–Trinajstić information content (AvgIpc) is 2.47. The van der Waals surface area contributed by atoms with Gasteiger partial charge in [0, 0.05) is 5.56 Å². The van der Waals surface area contributed by atoms with Crippen LogP contribution < -0.4 is 0 Å². The quantitative estimate of drug-likeness (QED) is 0.531. The lowest BCUT2D eigenvalue weighted by atomic mass is 10.1. The van der Waals surface area contributed by atoms with E-state index < -0.39 is 11.9 Å². The zero-order valence-corrected chi connectivity index (χ0v) is 11.9. The monoisotopic (exact) mass is 300 g/mol. The number of aryl methyl sites for hydroxylation is 2. The molecule has 0 bridgehead atoms. The molecular weight excluding hydrogens is 288 g/mol. The van der Waals surface area contributed by atoms with E-state index in [-0.39, 0.29) is 5.56 Å². The maximum absolute atomic E-state index is 12.0. The minimum atomic E-state index is -0.780. The van der Waals surface area contributed by atoms with Gasteiger partial charge in [-0.3, -0.25) is 9.15 Å². The van der Waals surface area contributed by atoms with Gasteiger partial charge in [-0.1, -0.05) is 18.2 Å². The molecule has 0 aliphatic heterocycles. The van der Waals surface area contributed by atoms with Crippen LogP contribution in [0.1, 0.15) is 31.8 Å². The van der Waals surface area contributed by atoms with E-state index in [9.17, 15) is 9.59 Å². The van der Waals surface area contributed by atoms with Gasteiger partial charge >= 0.3 is 11.9 Å². The Bertz CT molecular complexity index is 855. The van der Waals surface area contributed by atoms with Crippen molar-refractivity contribution >= 4 is 23.1 Å². The third-order valence-electron chi connectivity index (χ3n) is 3.36. The molecule has 3 rings (SSSR count). The highest BCUT2D eigenvalue weighted by Crippen LogP contribution is 2.25.